The highest BCUT2D eigenvalue weighted by molar-refractivity contribution is 4.95. The summed E-state index contributed by atoms with van der Waals surface area (Å²) in [5.41, 5.74) is 1.05. The number of nitrogens with zero attached hydrogens (tertiary/aromatic N) is 1. The van der Waals surface area contributed by atoms with E-state index in [4.69, 9.17) is 4.74 Å². The number of hydrogen-bond acceptors (Lipinski definition) is 2. The predicted octanol–water partition coefficient (Wildman–Crippen LogP) is 0.789. The molecule has 1 aromatic heterocycles. The summed E-state index contributed by atoms with van der Waals surface area (Å²) in [5.74, 6) is 0. The minimum absolute atomic E-state index is 0.798. The van der Waals surface area contributed by atoms with Gasteiger partial charge in [-0.15, -0.1) is 0 Å². The maximum atomic E-state index is 4.89. The number of aryl methyl sites for hydroxylation is 1. The summed E-state index contributed by atoms with van der Waals surface area (Å²) in [7, 11) is 1.71. The van der Waals surface area contributed by atoms with Crippen molar-refractivity contribution in [3.8, 4) is 0 Å². The van der Waals surface area contributed by atoms with Crippen molar-refractivity contribution in [2.24, 2.45) is 0 Å². The van der Waals surface area contributed by atoms with Crippen LogP contribution in [0.25, 0.3) is 0 Å². The summed E-state index contributed by atoms with van der Waals surface area (Å²) < 4.78 is 4.89. The molecule has 1 radical (unpaired) electrons. The summed E-state index contributed by atoms with van der Waals surface area (Å²) in [4.78, 5) is 0. The Bertz CT molecular complexity index is 160. The number of aromatic amines is 1. The molecule has 3 nitrogen and oxygen atoms in total. The van der Waals surface area contributed by atoms with E-state index in [0.29, 0.717) is 0 Å². The molecule has 1 N–H and O–H groups in total. The first-order valence-electron chi connectivity index (χ1n) is 3.33. The number of aromatic nitrogens is 2. The average molecular weight is 139 g/mol. The molecule has 0 saturated heterocycles. The zero-order chi connectivity index (χ0) is 7.23. The van der Waals surface area contributed by atoms with Crippen molar-refractivity contribution in [1.82, 2.24) is 10.2 Å². The van der Waals surface area contributed by atoms with Crippen LogP contribution in [-0.2, 0) is 11.2 Å². The maximum Gasteiger partial charge on any atom is 0.0831 e. The molecule has 10 heavy (non-hydrogen) atoms. The normalized spacial score (nSPS) is 10.1. The Morgan fingerprint density at radius 1 is 1.80 bits per heavy atom. The molecule has 1 rings (SSSR count). The second-order valence-electron chi connectivity index (χ2n) is 2.10. The third-order valence-electron chi connectivity index (χ3n) is 1.28. The smallest absolute Gasteiger partial charge is 0.0831 e. The Balaban J connectivity index is 2.15. The number of rotatable bonds is 4. The fourth-order valence-corrected chi connectivity index (χ4v) is 0.778. The van der Waals surface area contributed by atoms with E-state index in [2.05, 4.69) is 16.4 Å². The number of ether oxygens (including phenoxy) is 1. The second kappa shape index (κ2) is 4.06. The van der Waals surface area contributed by atoms with Gasteiger partial charge in [0.25, 0.3) is 0 Å². The molecule has 0 amide bonds. The van der Waals surface area contributed by atoms with E-state index in [1.54, 1.807) is 7.11 Å². The highest BCUT2D eigenvalue weighted by Gasteiger charge is 1.92. The third-order valence-corrected chi connectivity index (χ3v) is 1.28. The largest absolute Gasteiger partial charge is 0.385 e. The van der Waals surface area contributed by atoms with Crippen LogP contribution in [0.2, 0.25) is 0 Å². The van der Waals surface area contributed by atoms with Crippen LogP contribution in [0.4, 0.5) is 0 Å². The molecule has 0 atom stereocenters. The lowest BCUT2D eigenvalue weighted by Gasteiger charge is -1.94. The van der Waals surface area contributed by atoms with E-state index < -0.39 is 0 Å². The Labute approximate surface area is 60.4 Å². The van der Waals surface area contributed by atoms with Crippen LogP contribution >= 0.6 is 0 Å². The van der Waals surface area contributed by atoms with Crippen molar-refractivity contribution in [3.05, 3.63) is 18.0 Å². The number of H-pyrrole nitrogens is 1. The van der Waals surface area contributed by atoms with Crippen molar-refractivity contribution in [3.63, 3.8) is 0 Å². The molecule has 0 saturated carbocycles. The van der Waals surface area contributed by atoms with Crippen molar-refractivity contribution in [2.45, 2.75) is 12.8 Å². The van der Waals surface area contributed by atoms with Gasteiger partial charge in [-0.05, 0) is 18.9 Å². The highest BCUT2D eigenvalue weighted by Crippen LogP contribution is 1.95. The van der Waals surface area contributed by atoms with Crippen LogP contribution in [-0.4, -0.2) is 23.9 Å². The van der Waals surface area contributed by atoms with Gasteiger partial charge in [-0.3, -0.25) is 5.10 Å². The minimum atomic E-state index is 0.798. The molecule has 0 bridgehead atoms. The SMILES string of the molecule is COCCCc1c[c][nH]n1. The van der Waals surface area contributed by atoms with Crippen molar-refractivity contribution < 1.29 is 4.74 Å². The van der Waals surface area contributed by atoms with Gasteiger partial charge >= 0.3 is 0 Å². The minimum Gasteiger partial charge on any atom is -0.385 e. The topological polar surface area (TPSA) is 37.9 Å². The second-order valence-corrected chi connectivity index (χ2v) is 2.10. The number of nitrogens with one attached hydrogen (secondary N) is 1. The maximum absolute atomic E-state index is 4.89. The summed E-state index contributed by atoms with van der Waals surface area (Å²) in [6.07, 6.45) is 4.77. The summed E-state index contributed by atoms with van der Waals surface area (Å²) in [6, 6.07) is 1.86. The van der Waals surface area contributed by atoms with E-state index in [9.17, 15) is 0 Å². The molecule has 1 heterocycles. The van der Waals surface area contributed by atoms with Gasteiger partial charge in [-0.25, -0.2) is 0 Å². The van der Waals surface area contributed by atoms with Crippen molar-refractivity contribution in [1.29, 1.82) is 0 Å². The zero-order valence-corrected chi connectivity index (χ0v) is 6.05. The summed E-state index contributed by atoms with van der Waals surface area (Å²) in [6.45, 7) is 0.798. The van der Waals surface area contributed by atoms with Gasteiger partial charge in [0.1, 0.15) is 0 Å². The Morgan fingerprint density at radius 2 is 2.70 bits per heavy atom. The quantitative estimate of drug-likeness (QED) is 0.626. The fourth-order valence-electron chi connectivity index (χ4n) is 0.778. The summed E-state index contributed by atoms with van der Waals surface area (Å²) >= 11 is 0. The summed E-state index contributed by atoms with van der Waals surface area (Å²) in [5, 5.41) is 6.59. The van der Waals surface area contributed by atoms with Crippen LogP contribution in [0.3, 0.4) is 0 Å². The van der Waals surface area contributed by atoms with Crippen molar-refractivity contribution in [2.75, 3.05) is 13.7 Å². The van der Waals surface area contributed by atoms with Gasteiger partial charge < -0.3 is 4.74 Å². The standard InChI is InChI=1S/C7H11N2O/c1-10-6-2-3-7-4-5-8-9-7/h4H,2-3,6H2,1H3,(H,8,9). The van der Waals surface area contributed by atoms with E-state index in [-0.39, 0.29) is 0 Å². The van der Waals surface area contributed by atoms with E-state index in [1.807, 2.05) is 6.07 Å². The van der Waals surface area contributed by atoms with Crippen LogP contribution < -0.4 is 0 Å². The predicted molar refractivity (Wildman–Crippen MR) is 37.6 cm³/mol. The van der Waals surface area contributed by atoms with Gasteiger partial charge in [-0.2, -0.15) is 5.10 Å². The molecule has 0 aliphatic heterocycles. The Morgan fingerprint density at radius 3 is 3.30 bits per heavy atom. The molecular formula is C7H11N2O. The molecule has 0 fully saturated rings. The van der Waals surface area contributed by atoms with Crippen LogP contribution in [0.15, 0.2) is 6.07 Å². The molecule has 0 unspecified atom stereocenters. The number of hydrogen-bond donors (Lipinski definition) is 1. The first-order valence-corrected chi connectivity index (χ1v) is 3.33. The molecule has 0 aliphatic carbocycles. The fraction of sp³-hybridized carbons (Fsp3) is 0.571. The van der Waals surface area contributed by atoms with Crippen LogP contribution in [0, 0.1) is 6.20 Å². The van der Waals surface area contributed by atoms with Gasteiger partial charge in [0.2, 0.25) is 0 Å². The lowest BCUT2D eigenvalue weighted by atomic mass is 10.2. The molecule has 3 heteroatoms. The lowest BCUT2D eigenvalue weighted by molar-refractivity contribution is 0.195. The zero-order valence-electron chi connectivity index (χ0n) is 6.05. The average Bonchev–Trinajstić information content (AvgIpc) is 2.41. The highest BCUT2D eigenvalue weighted by atomic mass is 16.5. The van der Waals surface area contributed by atoms with Crippen molar-refractivity contribution >= 4 is 0 Å². The van der Waals surface area contributed by atoms with Gasteiger partial charge in [0.15, 0.2) is 0 Å². The monoisotopic (exact) mass is 139 g/mol. The van der Waals surface area contributed by atoms with Gasteiger partial charge in [-0.1, -0.05) is 0 Å². The van der Waals surface area contributed by atoms with Crippen LogP contribution in [0.5, 0.6) is 0 Å². The first-order chi connectivity index (χ1) is 4.93. The van der Waals surface area contributed by atoms with Gasteiger partial charge in [0, 0.05) is 13.7 Å². The first kappa shape index (κ1) is 7.28. The Kier molecular flexibility index (Phi) is 2.96. The molecule has 0 aliphatic rings. The molecule has 0 aromatic carbocycles. The number of methoxy groups -OCH3 is 1. The molecular weight excluding hydrogens is 128 g/mol. The lowest BCUT2D eigenvalue weighted by Crippen LogP contribution is -1.92. The molecule has 0 spiro atoms. The van der Waals surface area contributed by atoms with Crippen LogP contribution in [0.1, 0.15) is 12.1 Å². The third kappa shape index (κ3) is 2.19. The van der Waals surface area contributed by atoms with E-state index >= 15 is 0 Å². The van der Waals surface area contributed by atoms with E-state index in [1.165, 1.54) is 0 Å². The molecule has 55 valence electrons. The Hall–Kier alpha value is -0.830. The van der Waals surface area contributed by atoms with E-state index in [0.717, 1.165) is 25.1 Å². The molecule has 1 aromatic rings. The van der Waals surface area contributed by atoms with Gasteiger partial charge in [0.05, 0.1) is 11.9 Å².